The molecular weight excluding hydrogens is 250 g/mol. The number of benzene rings is 1. The predicted molar refractivity (Wildman–Crippen MR) is 70.3 cm³/mol. The Morgan fingerprint density at radius 3 is 2.61 bits per heavy atom. The molecule has 1 aliphatic rings. The molecule has 1 aromatic carbocycles. The average Bonchev–Trinajstić information content (AvgIpc) is 2.38. The zero-order valence-corrected chi connectivity index (χ0v) is 10.9. The quantitative estimate of drug-likeness (QED) is 0.843. The monoisotopic (exact) mass is 265 g/mol. The molecule has 0 bridgehead atoms. The van der Waals surface area contributed by atoms with Crippen molar-refractivity contribution in [1.82, 2.24) is 4.90 Å². The van der Waals surface area contributed by atoms with Gasteiger partial charge in [-0.2, -0.15) is 0 Å². The molecule has 1 fully saturated rings. The smallest absolute Gasteiger partial charge is 0.229 e. The Morgan fingerprint density at radius 2 is 1.94 bits per heavy atom. The van der Waals surface area contributed by atoms with Crippen molar-refractivity contribution in [3.63, 3.8) is 0 Å². The topological polar surface area (TPSA) is 37.4 Å². The largest absolute Gasteiger partial charge is 0.283 e. The summed E-state index contributed by atoms with van der Waals surface area (Å²) >= 11 is 5.80. The van der Waals surface area contributed by atoms with Crippen LogP contribution in [0.5, 0.6) is 0 Å². The third-order valence-electron chi connectivity index (χ3n) is 3.17. The maximum absolute atomic E-state index is 11.9. The minimum atomic E-state index is -0.0605. The fourth-order valence-corrected chi connectivity index (χ4v) is 2.23. The highest BCUT2D eigenvalue weighted by atomic mass is 35.5. The van der Waals surface area contributed by atoms with Crippen LogP contribution in [0.4, 0.5) is 0 Å². The average molecular weight is 266 g/mol. The van der Waals surface area contributed by atoms with Gasteiger partial charge in [0.05, 0.1) is 0 Å². The van der Waals surface area contributed by atoms with Crippen molar-refractivity contribution < 1.29 is 9.59 Å². The molecule has 0 spiro atoms. The Labute approximate surface area is 112 Å². The number of imide groups is 1. The fraction of sp³-hybridized carbons (Fsp3) is 0.429. The number of piperidine rings is 1. The van der Waals surface area contributed by atoms with Gasteiger partial charge >= 0.3 is 0 Å². The summed E-state index contributed by atoms with van der Waals surface area (Å²) in [7, 11) is 0. The molecule has 0 radical (unpaired) electrons. The van der Waals surface area contributed by atoms with E-state index in [4.69, 9.17) is 11.6 Å². The second-order valence-electron chi connectivity index (χ2n) is 4.52. The van der Waals surface area contributed by atoms with Crippen LogP contribution in [0.15, 0.2) is 24.3 Å². The summed E-state index contributed by atoms with van der Waals surface area (Å²) in [6, 6.07) is 7.45. The van der Waals surface area contributed by atoms with Gasteiger partial charge in [0, 0.05) is 24.4 Å². The molecule has 1 aromatic rings. The highest BCUT2D eigenvalue weighted by Gasteiger charge is 2.23. The first-order valence-electron chi connectivity index (χ1n) is 6.24. The van der Waals surface area contributed by atoms with Gasteiger partial charge in [-0.05, 0) is 37.0 Å². The van der Waals surface area contributed by atoms with Gasteiger partial charge < -0.3 is 0 Å². The molecule has 3 nitrogen and oxygen atoms in total. The first-order chi connectivity index (χ1) is 8.66. The molecule has 2 amide bonds. The number of nitrogens with zero attached hydrogens (tertiary/aromatic N) is 1. The number of hydrogen-bond acceptors (Lipinski definition) is 2. The lowest BCUT2D eigenvalue weighted by Crippen LogP contribution is -2.40. The molecular formula is C14H16ClNO2. The van der Waals surface area contributed by atoms with Gasteiger partial charge in [0.1, 0.15) is 0 Å². The van der Waals surface area contributed by atoms with E-state index in [1.165, 1.54) is 4.90 Å². The summed E-state index contributed by atoms with van der Waals surface area (Å²) in [5, 5.41) is 0.691. The van der Waals surface area contributed by atoms with Crippen LogP contribution in [0.2, 0.25) is 5.02 Å². The molecule has 1 aliphatic heterocycles. The van der Waals surface area contributed by atoms with Crippen molar-refractivity contribution in [3.8, 4) is 0 Å². The van der Waals surface area contributed by atoms with Gasteiger partial charge in [-0.25, -0.2) is 0 Å². The second-order valence-corrected chi connectivity index (χ2v) is 4.96. The summed E-state index contributed by atoms with van der Waals surface area (Å²) < 4.78 is 0. The normalized spacial score (nSPS) is 15.8. The van der Waals surface area contributed by atoms with Crippen molar-refractivity contribution in [1.29, 1.82) is 0 Å². The predicted octanol–water partition coefficient (Wildman–Crippen LogP) is 2.81. The number of likely N-dealkylation sites (tertiary alicyclic amines) is 1. The Balaban J connectivity index is 1.87. The van der Waals surface area contributed by atoms with Crippen molar-refractivity contribution in [2.24, 2.45) is 0 Å². The highest BCUT2D eigenvalue weighted by molar-refractivity contribution is 6.30. The van der Waals surface area contributed by atoms with E-state index in [1.807, 2.05) is 24.3 Å². The van der Waals surface area contributed by atoms with Crippen LogP contribution in [-0.2, 0) is 16.0 Å². The molecule has 1 saturated heterocycles. The van der Waals surface area contributed by atoms with E-state index in [2.05, 4.69) is 0 Å². The summed E-state index contributed by atoms with van der Waals surface area (Å²) in [6.07, 6.45) is 3.37. The number of halogens is 1. The number of carbonyl (C=O) groups is 2. The van der Waals surface area contributed by atoms with Crippen molar-refractivity contribution >= 4 is 23.4 Å². The third-order valence-corrected chi connectivity index (χ3v) is 3.42. The van der Waals surface area contributed by atoms with E-state index in [1.54, 1.807) is 0 Å². The zero-order chi connectivity index (χ0) is 13.0. The van der Waals surface area contributed by atoms with Crippen LogP contribution in [0, 0.1) is 0 Å². The summed E-state index contributed by atoms with van der Waals surface area (Å²) in [5.74, 6) is -0.0861. The molecule has 0 aliphatic carbocycles. The van der Waals surface area contributed by atoms with Crippen LogP contribution >= 0.6 is 11.6 Å². The van der Waals surface area contributed by atoms with Crippen LogP contribution < -0.4 is 0 Å². The van der Waals surface area contributed by atoms with E-state index < -0.39 is 0 Å². The first kappa shape index (κ1) is 13.1. The second kappa shape index (κ2) is 6.01. The standard InChI is InChI=1S/C14H16ClNO2/c15-12-7-4-11(5-8-12)6-9-14(18)16-10-2-1-3-13(16)17/h4-5,7-8H,1-3,6,9-10H2. The van der Waals surface area contributed by atoms with Gasteiger partial charge in [0.2, 0.25) is 11.8 Å². The van der Waals surface area contributed by atoms with Crippen LogP contribution in [-0.4, -0.2) is 23.3 Å². The van der Waals surface area contributed by atoms with E-state index in [0.717, 1.165) is 18.4 Å². The summed E-state index contributed by atoms with van der Waals surface area (Å²) in [4.78, 5) is 24.9. The Kier molecular flexibility index (Phi) is 4.37. The lowest BCUT2D eigenvalue weighted by atomic mass is 10.1. The SMILES string of the molecule is O=C1CCCCN1C(=O)CCc1ccc(Cl)cc1. The first-order valence-corrected chi connectivity index (χ1v) is 6.62. The number of rotatable bonds is 3. The van der Waals surface area contributed by atoms with Gasteiger partial charge in [0.25, 0.3) is 0 Å². The number of aryl methyl sites for hydroxylation is 1. The lowest BCUT2D eigenvalue weighted by Gasteiger charge is -2.24. The number of hydrogen-bond donors (Lipinski definition) is 0. The molecule has 96 valence electrons. The fourth-order valence-electron chi connectivity index (χ4n) is 2.11. The van der Waals surface area contributed by atoms with Crippen molar-refractivity contribution in [2.75, 3.05) is 6.54 Å². The highest BCUT2D eigenvalue weighted by Crippen LogP contribution is 2.14. The van der Waals surface area contributed by atoms with Crippen molar-refractivity contribution in [2.45, 2.75) is 32.1 Å². The van der Waals surface area contributed by atoms with E-state index in [9.17, 15) is 9.59 Å². The lowest BCUT2D eigenvalue weighted by molar-refractivity contribution is -0.146. The molecule has 0 aromatic heterocycles. The molecule has 4 heteroatoms. The molecule has 0 atom stereocenters. The van der Waals surface area contributed by atoms with E-state index in [0.29, 0.717) is 30.8 Å². The minimum absolute atomic E-state index is 0.0256. The van der Waals surface area contributed by atoms with Gasteiger partial charge in [0.15, 0.2) is 0 Å². The third kappa shape index (κ3) is 3.33. The minimum Gasteiger partial charge on any atom is -0.283 e. The van der Waals surface area contributed by atoms with E-state index >= 15 is 0 Å². The summed E-state index contributed by atoms with van der Waals surface area (Å²) in [6.45, 7) is 0.582. The Morgan fingerprint density at radius 1 is 1.22 bits per heavy atom. The van der Waals surface area contributed by atoms with Crippen LogP contribution in [0.3, 0.4) is 0 Å². The van der Waals surface area contributed by atoms with Crippen LogP contribution in [0.25, 0.3) is 0 Å². The Bertz CT molecular complexity index is 442. The number of carbonyl (C=O) groups excluding carboxylic acids is 2. The molecule has 0 saturated carbocycles. The molecule has 1 heterocycles. The van der Waals surface area contributed by atoms with Gasteiger partial charge in [-0.3, -0.25) is 14.5 Å². The van der Waals surface area contributed by atoms with Gasteiger partial charge in [-0.15, -0.1) is 0 Å². The maximum Gasteiger partial charge on any atom is 0.229 e. The van der Waals surface area contributed by atoms with Crippen LogP contribution in [0.1, 0.15) is 31.2 Å². The summed E-state index contributed by atoms with van der Waals surface area (Å²) in [5.41, 5.74) is 1.07. The molecule has 0 unspecified atom stereocenters. The van der Waals surface area contributed by atoms with Gasteiger partial charge in [-0.1, -0.05) is 23.7 Å². The zero-order valence-electron chi connectivity index (χ0n) is 10.2. The maximum atomic E-state index is 11.9. The van der Waals surface area contributed by atoms with Crippen molar-refractivity contribution in [3.05, 3.63) is 34.9 Å². The molecule has 18 heavy (non-hydrogen) atoms. The number of amides is 2. The molecule has 0 N–H and O–H groups in total. The molecule has 2 rings (SSSR count). The Hall–Kier alpha value is -1.35. The van der Waals surface area contributed by atoms with E-state index in [-0.39, 0.29) is 11.8 Å².